The van der Waals surface area contributed by atoms with Crippen molar-refractivity contribution in [3.05, 3.63) is 24.4 Å². The summed E-state index contributed by atoms with van der Waals surface area (Å²) >= 11 is 0. The molecule has 90 valence electrons. The monoisotopic (exact) mass is 234 g/mol. The van der Waals surface area contributed by atoms with E-state index >= 15 is 0 Å². The summed E-state index contributed by atoms with van der Waals surface area (Å²) in [4.78, 5) is 8.04. The third-order valence-electron chi connectivity index (χ3n) is 1.86. The Kier molecular flexibility index (Phi) is 4.80. The quantitative estimate of drug-likeness (QED) is 0.571. The van der Waals surface area contributed by atoms with E-state index in [4.69, 9.17) is 9.47 Å². The van der Waals surface area contributed by atoms with Gasteiger partial charge < -0.3 is 9.47 Å². The fourth-order valence-corrected chi connectivity index (χ4v) is 1.11. The second-order valence-electron chi connectivity index (χ2n) is 2.84. The second-order valence-corrected chi connectivity index (χ2v) is 2.84. The Hall–Kier alpha value is -2.24. The predicted molar refractivity (Wildman–Crippen MR) is 66.0 cm³/mol. The van der Waals surface area contributed by atoms with Crippen molar-refractivity contribution in [3.63, 3.8) is 0 Å². The second kappa shape index (κ2) is 6.37. The Balaban J connectivity index is 3.24. The fraction of sp³-hybridized carbons (Fsp3) is 0.273. The van der Waals surface area contributed by atoms with Crippen LogP contribution in [-0.4, -0.2) is 36.1 Å². The predicted octanol–water partition coefficient (Wildman–Crippen LogP) is 1.47. The van der Waals surface area contributed by atoms with E-state index in [0.29, 0.717) is 17.2 Å². The molecule has 0 bridgehead atoms. The minimum Gasteiger partial charge on any atom is -0.480 e. The minimum atomic E-state index is 0.230. The van der Waals surface area contributed by atoms with Crippen molar-refractivity contribution in [2.75, 3.05) is 14.2 Å². The average Bonchev–Trinajstić information content (AvgIpc) is 2.39. The first-order valence-corrected chi connectivity index (χ1v) is 4.90. The molecular formula is C11H14N4O2. The molecule has 1 heterocycles. The summed E-state index contributed by atoms with van der Waals surface area (Å²) < 4.78 is 10.0. The third-order valence-corrected chi connectivity index (χ3v) is 1.86. The van der Waals surface area contributed by atoms with Gasteiger partial charge in [0.25, 0.3) is 0 Å². The van der Waals surface area contributed by atoms with Gasteiger partial charge in [-0.05, 0) is 13.0 Å². The van der Waals surface area contributed by atoms with Crippen LogP contribution in [0, 0.1) is 0 Å². The number of nitrogens with zero attached hydrogens (tertiary/aromatic N) is 4. The standard InChI is InChI=1S/C11H14N4O2/c1-5-9(15-13-6-2)8-7-12-11(17-4)14-10(8)16-3/h5-7H,1H2,2-4H3/b13-6?,15-9+. The van der Waals surface area contributed by atoms with Gasteiger partial charge in [0.1, 0.15) is 0 Å². The molecule has 6 heteroatoms. The van der Waals surface area contributed by atoms with E-state index in [9.17, 15) is 0 Å². The summed E-state index contributed by atoms with van der Waals surface area (Å²) in [5.41, 5.74) is 1.14. The van der Waals surface area contributed by atoms with Gasteiger partial charge in [0, 0.05) is 12.4 Å². The van der Waals surface area contributed by atoms with Crippen LogP contribution in [0.5, 0.6) is 11.9 Å². The molecule has 6 nitrogen and oxygen atoms in total. The number of ether oxygens (including phenoxy) is 2. The molecule has 0 atom stereocenters. The molecule has 0 radical (unpaired) electrons. The molecule has 0 fully saturated rings. The highest BCUT2D eigenvalue weighted by Gasteiger charge is 2.11. The van der Waals surface area contributed by atoms with Gasteiger partial charge in [0.15, 0.2) is 0 Å². The van der Waals surface area contributed by atoms with Crippen LogP contribution in [0.3, 0.4) is 0 Å². The topological polar surface area (TPSA) is 69.0 Å². The summed E-state index contributed by atoms with van der Waals surface area (Å²) in [5.74, 6) is 0.363. The minimum absolute atomic E-state index is 0.230. The van der Waals surface area contributed by atoms with Crippen LogP contribution in [-0.2, 0) is 0 Å². The molecule has 0 aromatic carbocycles. The molecule has 1 aromatic rings. The molecule has 0 N–H and O–H groups in total. The van der Waals surface area contributed by atoms with Crippen LogP contribution < -0.4 is 9.47 Å². The lowest BCUT2D eigenvalue weighted by atomic mass is 10.2. The molecule has 1 rings (SSSR count). The SMILES string of the molecule is C=C/C(=N\N=CC)c1cnc(OC)nc1OC. The van der Waals surface area contributed by atoms with E-state index in [1.54, 1.807) is 25.4 Å². The van der Waals surface area contributed by atoms with Crippen molar-refractivity contribution >= 4 is 11.9 Å². The van der Waals surface area contributed by atoms with E-state index in [1.807, 2.05) is 0 Å². The molecule has 17 heavy (non-hydrogen) atoms. The molecule has 1 aromatic heterocycles. The molecule has 0 aliphatic carbocycles. The van der Waals surface area contributed by atoms with Crippen LogP contribution in [0.1, 0.15) is 12.5 Å². The highest BCUT2D eigenvalue weighted by Crippen LogP contribution is 2.18. The molecule has 0 amide bonds. The van der Waals surface area contributed by atoms with Crippen molar-refractivity contribution in [2.45, 2.75) is 6.92 Å². The number of hydrogen-bond acceptors (Lipinski definition) is 6. The van der Waals surface area contributed by atoms with Crippen molar-refractivity contribution in [3.8, 4) is 11.9 Å². The first-order chi connectivity index (χ1) is 8.26. The van der Waals surface area contributed by atoms with E-state index in [0.717, 1.165) is 0 Å². The van der Waals surface area contributed by atoms with Crippen molar-refractivity contribution in [1.82, 2.24) is 9.97 Å². The first kappa shape index (κ1) is 12.8. The summed E-state index contributed by atoms with van der Waals surface area (Å²) in [6.07, 6.45) is 4.68. The Labute approximate surface area is 99.7 Å². The molecular weight excluding hydrogens is 220 g/mol. The zero-order valence-corrected chi connectivity index (χ0v) is 10.0. The number of rotatable bonds is 5. The van der Waals surface area contributed by atoms with Crippen LogP contribution >= 0.6 is 0 Å². The Morgan fingerprint density at radius 1 is 1.41 bits per heavy atom. The molecule has 0 saturated heterocycles. The van der Waals surface area contributed by atoms with E-state index in [2.05, 4.69) is 26.7 Å². The lowest BCUT2D eigenvalue weighted by Gasteiger charge is -2.07. The van der Waals surface area contributed by atoms with Crippen molar-refractivity contribution < 1.29 is 9.47 Å². The summed E-state index contributed by atoms with van der Waals surface area (Å²) in [6.45, 7) is 5.43. The number of hydrogen-bond donors (Lipinski definition) is 0. The van der Waals surface area contributed by atoms with Crippen LogP contribution in [0.25, 0.3) is 0 Å². The van der Waals surface area contributed by atoms with Gasteiger partial charge in [0.05, 0.1) is 25.5 Å². The normalized spacial score (nSPS) is 11.6. The van der Waals surface area contributed by atoms with E-state index in [-0.39, 0.29) is 6.01 Å². The van der Waals surface area contributed by atoms with Crippen LogP contribution in [0.4, 0.5) is 0 Å². The maximum Gasteiger partial charge on any atom is 0.319 e. The summed E-state index contributed by atoms with van der Waals surface area (Å²) in [6, 6.07) is 0.230. The zero-order chi connectivity index (χ0) is 12.7. The van der Waals surface area contributed by atoms with Gasteiger partial charge in [-0.25, -0.2) is 4.98 Å². The van der Waals surface area contributed by atoms with Gasteiger partial charge >= 0.3 is 6.01 Å². The van der Waals surface area contributed by atoms with Gasteiger partial charge in [-0.1, -0.05) is 6.58 Å². The van der Waals surface area contributed by atoms with Crippen LogP contribution in [0.15, 0.2) is 29.1 Å². The van der Waals surface area contributed by atoms with Gasteiger partial charge in [-0.3, -0.25) is 0 Å². The maximum absolute atomic E-state index is 5.14. The third kappa shape index (κ3) is 3.10. The highest BCUT2D eigenvalue weighted by molar-refractivity contribution is 6.09. The number of aromatic nitrogens is 2. The smallest absolute Gasteiger partial charge is 0.319 e. The summed E-state index contributed by atoms with van der Waals surface area (Å²) in [7, 11) is 2.99. The molecule has 0 saturated carbocycles. The van der Waals surface area contributed by atoms with Crippen molar-refractivity contribution in [1.29, 1.82) is 0 Å². The average molecular weight is 234 g/mol. The molecule has 0 aliphatic heterocycles. The maximum atomic E-state index is 5.14. The highest BCUT2D eigenvalue weighted by atomic mass is 16.5. The summed E-state index contributed by atoms with van der Waals surface area (Å²) in [5, 5.41) is 7.75. The van der Waals surface area contributed by atoms with E-state index in [1.165, 1.54) is 14.2 Å². The number of allylic oxidation sites excluding steroid dienone is 1. The van der Waals surface area contributed by atoms with Gasteiger partial charge in [-0.15, -0.1) is 0 Å². The zero-order valence-electron chi connectivity index (χ0n) is 10.0. The Morgan fingerprint density at radius 3 is 2.71 bits per heavy atom. The van der Waals surface area contributed by atoms with Crippen molar-refractivity contribution in [2.24, 2.45) is 10.2 Å². The Bertz CT molecular complexity index is 455. The lowest BCUT2D eigenvalue weighted by Crippen LogP contribution is -2.04. The van der Waals surface area contributed by atoms with Gasteiger partial charge in [0.2, 0.25) is 5.88 Å². The lowest BCUT2D eigenvalue weighted by molar-refractivity contribution is 0.351. The molecule has 0 spiro atoms. The Morgan fingerprint density at radius 2 is 2.18 bits per heavy atom. The van der Waals surface area contributed by atoms with Gasteiger partial charge in [-0.2, -0.15) is 15.2 Å². The molecule has 0 aliphatic rings. The number of methoxy groups -OCH3 is 2. The largest absolute Gasteiger partial charge is 0.480 e. The fourth-order valence-electron chi connectivity index (χ4n) is 1.11. The molecule has 0 unspecified atom stereocenters. The van der Waals surface area contributed by atoms with E-state index < -0.39 is 0 Å². The van der Waals surface area contributed by atoms with Crippen LogP contribution in [0.2, 0.25) is 0 Å². The first-order valence-electron chi connectivity index (χ1n) is 4.90.